The number of nitriles is 1. The minimum absolute atomic E-state index is 0.538. The Hall–Kier alpha value is -2.17. The van der Waals surface area contributed by atoms with Gasteiger partial charge in [-0.15, -0.1) is 11.3 Å². The molecule has 0 aliphatic heterocycles. The molecule has 0 atom stereocenters. The van der Waals surface area contributed by atoms with Crippen molar-refractivity contribution in [3.05, 3.63) is 46.3 Å². The molecule has 3 N–H and O–H groups in total. The van der Waals surface area contributed by atoms with Gasteiger partial charge in [0, 0.05) is 24.2 Å². The van der Waals surface area contributed by atoms with Crippen LogP contribution in [0.1, 0.15) is 10.4 Å². The van der Waals surface area contributed by atoms with Crippen molar-refractivity contribution < 1.29 is 0 Å². The van der Waals surface area contributed by atoms with E-state index in [1.54, 1.807) is 29.7 Å². The van der Waals surface area contributed by atoms with Gasteiger partial charge in [0.25, 0.3) is 0 Å². The van der Waals surface area contributed by atoms with Gasteiger partial charge in [0.1, 0.15) is 11.9 Å². The maximum atomic E-state index is 8.95. The zero-order valence-electron chi connectivity index (χ0n) is 11.3. The molecule has 0 amide bonds. The number of hydrogen-bond acceptors (Lipinski definition) is 5. The summed E-state index contributed by atoms with van der Waals surface area (Å²) in [4.78, 5) is 5.37. The molecule has 108 valence electrons. The van der Waals surface area contributed by atoms with Gasteiger partial charge in [0.15, 0.2) is 5.11 Å². The molecule has 0 saturated heterocycles. The van der Waals surface area contributed by atoms with Gasteiger partial charge >= 0.3 is 0 Å². The van der Waals surface area contributed by atoms with Crippen molar-refractivity contribution in [2.24, 2.45) is 0 Å². The Balaban J connectivity index is 1.65. The number of rotatable bonds is 6. The van der Waals surface area contributed by atoms with E-state index < -0.39 is 0 Å². The smallest absolute Gasteiger partial charge is 0.166 e. The molecule has 21 heavy (non-hydrogen) atoms. The van der Waals surface area contributed by atoms with Crippen LogP contribution >= 0.6 is 23.6 Å². The van der Waals surface area contributed by atoms with Crippen LogP contribution in [0.3, 0.4) is 0 Å². The Labute approximate surface area is 133 Å². The van der Waals surface area contributed by atoms with Gasteiger partial charge in [-0.2, -0.15) is 5.26 Å². The number of anilines is 1. The third-order valence-corrected chi connectivity index (χ3v) is 3.80. The molecule has 0 radical (unpaired) electrons. The van der Waals surface area contributed by atoms with E-state index in [9.17, 15) is 0 Å². The maximum Gasteiger partial charge on any atom is 0.166 e. The summed E-state index contributed by atoms with van der Waals surface area (Å²) < 4.78 is 0. The van der Waals surface area contributed by atoms with Crippen molar-refractivity contribution in [1.82, 2.24) is 15.6 Å². The number of nitrogens with zero attached hydrogens (tertiary/aromatic N) is 2. The highest BCUT2D eigenvalue weighted by atomic mass is 32.1. The van der Waals surface area contributed by atoms with Crippen LogP contribution in [0.5, 0.6) is 0 Å². The topological polar surface area (TPSA) is 72.8 Å². The van der Waals surface area contributed by atoms with Crippen LogP contribution < -0.4 is 16.0 Å². The number of hydrogen-bond donors (Lipinski definition) is 3. The third-order valence-electron chi connectivity index (χ3n) is 2.63. The lowest BCUT2D eigenvalue weighted by molar-refractivity contribution is 0.840. The first-order chi connectivity index (χ1) is 10.3. The molecule has 2 rings (SSSR count). The quantitative estimate of drug-likeness (QED) is 0.560. The number of pyridine rings is 1. The average molecular weight is 317 g/mol. The molecular weight excluding hydrogens is 302 g/mol. The maximum absolute atomic E-state index is 8.95. The van der Waals surface area contributed by atoms with Crippen LogP contribution in [0.15, 0.2) is 35.8 Å². The van der Waals surface area contributed by atoms with E-state index in [-0.39, 0.29) is 0 Å². The highest BCUT2D eigenvalue weighted by molar-refractivity contribution is 7.80. The summed E-state index contributed by atoms with van der Waals surface area (Å²) in [5, 5.41) is 21.0. The molecule has 0 saturated carbocycles. The van der Waals surface area contributed by atoms with Crippen molar-refractivity contribution in [3.63, 3.8) is 0 Å². The molecule has 0 aliphatic rings. The zero-order valence-corrected chi connectivity index (χ0v) is 12.9. The zero-order chi connectivity index (χ0) is 14.9. The fraction of sp³-hybridized carbons (Fsp3) is 0.214. The average Bonchev–Trinajstić information content (AvgIpc) is 3.03. The standard InChI is InChI=1S/C14H15N5S2/c15-9-11-3-1-5-16-13(11)17-6-7-18-14(20)19-10-12-4-2-8-21-12/h1-5,8H,6-7,10H2,(H,16,17)(H2,18,19,20). The van der Waals surface area contributed by atoms with Gasteiger partial charge in [-0.25, -0.2) is 4.98 Å². The van der Waals surface area contributed by atoms with Crippen molar-refractivity contribution in [2.45, 2.75) is 6.54 Å². The Kier molecular flexibility index (Phi) is 5.94. The lowest BCUT2D eigenvalue weighted by Gasteiger charge is -2.11. The number of thiophene rings is 1. The fourth-order valence-electron chi connectivity index (χ4n) is 1.64. The van der Waals surface area contributed by atoms with Gasteiger partial charge in [-0.1, -0.05) is 6.07 Å². The van der Waals surface area contributed by atoms with E-state index in [2.05, 4.69) is 33.1 Å². The van der Waals surface area contributed by atoms with Crippen LogP contribution in [0, 0.1) is 11.3 Å². The molecule has 2 aromatic rings. The SMILES string of the molecule is N#Cc1cccnc1NCCNC(=S)NCc1cccs1. The molecule has 0 fully saturated rings. The molecule has 5 nitrogen and oxygen atoms in total. The summed E-state index contributed by atoms with van der Waals surface area (Å²) in [5.41, 5.74) is 0.538. The fourth-order valence-corrected chi connectivity index (χ4v) is 2.46. The van der Waals surface area contributed by atoms with Gasteiger partial charge in [0.05, 0.1) is 12.1 Å². The molecule has 2 aromatic heterocycles. The van der Waals surface area contributed by atoms with Crippen LogP contribution in [0.2, 0.25) is 0 Å². The summed E-state index contributed by atoms with van der Waals surface area (Å²) in [6.07, 6.45) is 1.66. The van der Waals surface area contributed by atoms with Gasteiger partial charge in [-0.3, -0.25) is 0 Å². The molecule has 0 bridgehead atoms. The van der Waals surface area contributed by atoms with Crippen molar-refractivity contribution in [3.8, 4) is 6.07 Å². The van der Waals surface area contributed by atoms with Gasteiger partial charge in [-0.05, 0) is 35.8 Å². The molecule has 0 aliphatic carbocycles. The predicted octanol–water partition coefficient (Wildman–Crippen LogP) is 2.09. The second-order valence-corrected chi connectivity index (χ2v) is 5.57. The van der Waals surface area contributed by atoms with Gasteiger partial charge in [0.2, 0.25) is 0 Å². The lowest BCUT2D eigenvalue weighted by Crippen LogP contribution is -2.37. The Morgan fingerprint density at radius 3 is 2.95 bits per heavy atom. The van der Waals surface area contributed by atoms with Crippen LogP contribution in [0.25, 0.3) is 0 Å². The second kappa shape index (κ2) is 8.19. The minimum Gasteiger partial charge on any atom is -0.367 e. The van der Waals surface area contributed by atoms with E-state index >= 15 is 0 Å². The monoisotopic (exact) mass is 317 g/mol. The summed E-state index contributed by atoms with van der Waals surface area (Å²) in [6, 6.07) is 9.65. The van der Waals surface area contributed by atoms with Crippen molar-refractivity contribution in [2.75, 3.05) is 18.4 Å². The van der Waals surface area contributed by atoms with E-state index in [0.717, 1.165) is 6.54 Å². The predicted molar refractivity (Wildman–Crippen MR) is 89.2 cm³/mol. The molecule has 0 unspecified atom stereocenters. The van der Waals surface area contributed by atoms with Gasteiger partial charge < -0.3 is 16.0 Å². The highest BCUT2D eigenvalue weighted by Crippen LogP contribution is 2.08. The van der Waals surface area contributed by atoms with Crippen molar-refractivity contribution >= 4 is 34.5 Å². The summed E-state index contributed by atoms with van der Waals surface area (Å²) in [5.74, 6) is 0.597. The summed E-state index contributed by atoms with van der Waals surface area (Å²) in [6.45, 7) is 2.01. The first kappa shape index (κ1) is 15.2. The Morgan fingerprint density at radius 2 is 2.19 bits per heavy atom. The van der Waals surface area contributed by atoms with E-state index in [0.29, 0.717) is 29.6 Å². The minimum atomic E-state index is 0.538. The number of thiocarbonyl (C=S) groups is 1. The molecule has 2 heterocycles. The largest absolute Gasteiger partial charge is 0.367 e. The van der Waals surface area contributed by atoms with Crippen LogP contribution in [-0.2, 0) is 6.54 Å². The van der Waals surface area contributed by atoms with Crippen LogP contribution in [-0.4, -0.2) is 23.2 Å². The first-order valence-electron chi connectivity index (χ1n) is 6.42. The molecule has 7 heteroatoms. The van der Waals surface area contributed by atoms with Crippen molar-refractivity contribution in [1.29, 1.82) is 5.26 Å². The summed E-state index contributed by atoms with van der Waals surface area (Å²) >= 11 is 6.89. The normalized spacial score (nSPS) is 9.67. The summed E-state index contributed by atoms with van der Waals surface area (Å²) in [7, 11) is 0. The molecule has 0 aromatic carbocycles. The van der Waals surface area contributed by atoms with E-state index in [4.69, 9.17) is 17.5 Å². The van der Waals surface area contributed by atoms with Crippen LogP contribution in [0.4, 0.5) is 5.82 Å². The first-order valence-corrected chi connectivity index (χ1v) is 7.71. The van der Waals surface area contributed by atoms with E-state index in [1.807, 2.05) is 11.4 Å². The Morgan fingerprint density at radius 1 is 1.29 bits per heavy atom. The van der Waals surface area contributed by atoms with E-state index in [1.165, 1.54) is 4.88 Å². The lowest BCUT2D eigenvalue weighted by atomic mass is 10.3. The highest BCUT2D eigenvalue weighted by Gasteiger charge is 2.01. The molecular formula is C14H15N5S2. The number of aromatic nitrogens is 1. The third kappa shape index (κ3) is 5.02. The molecule has 0 spiro atoms. The second-order valence-electron chi connectivity index (χ2n) is 4.13. The Bertz CT molecular complexity index is 619. The number of nitrogens with one attached hydrogen (secondary N) is 3.